The number of nitrogens with zero attached hydrogens (tertiary/aromatic N) is 4. The van der Waals surface area contributed by atoms with Crippen molar-refractivity contribution in [3.8, 4) is 5.75 Å². The monoisotopic (exact) mass is 596 g/mol. The van der Waals surface area contributed by atoms with Crippen LogP contribution in [0.4, 0.5) is 0 Å². The second-order valence-corrected chi connectivity index (χ2v) is 12.3. The fourth-order valence-corrected chi connectivity index (χ4v) is 6.94. The molecule has 0 aromatic heterocycles. The number of piperazine rings is 1. The molecule has 0 spiro atoms. The number of hydrogen-bond acceptors (Lipinski definition) is 7. The van der Waals surface area contributed by atoms with Crippen molar-refractivity contribution >= 4 is 40.7 Å². The summed E-state index contributed by atoms with van der Waals surface area (Å²) in [6.07, 6.45) is 4.36. The van der Waals surface area contributed by atoms with Crippen LogP contribution in [-0.4, -0.2) is 120 Å². The predicted molar refractivity (Wildman–Crippen MR) is 155 cm³/mol. The first kappa shape index (κ1) is 34.9. The summed E-state index contributed by atoms with van der Waals surface area (Å²) in [5.41, 5.74) is 1.28. The van der Waals surface area contributed by atoms with E-state index in [1.807, 2.05) is 11.9 Å². The molecule has 1 aliphatic carbocycles. The Bertz CT molecular complexity index is 982. The molecule has 220 valence electrons. The molecule has 38 heavy (non-hydrogen) atoms. The van der Waals surface area contributed by atoms with Gasteiger partial charge >= 0.3 is 0 Å². The molecule has 3 rings (SSSR count). The molecule has 0 N–H and O–H groups in total. The van der Waals surface area contributed by atoms with Crippen LogP contribution in [0.2, 0.25) is 0 Å². The minimum Gasteiger partial charge on any atom is -0.497 e. The first-order valence-electron chi connectivity index (χ1n) is 12.9. The molecule has 1 aromatic carbocycles. The molecule has 0 unspecified atom stereocenters. The van der Waals surface area contributed by atoms with Crippen molar-refractivity contribution in [3.05, 3.63) is 23.3 Å². The predicted octanol–water partition coefficient (Wildman–Crippen LogP) is 2.81. The van der Waals surface area contributed by atoms with Gasteiger partial charge in [0.15, 0.2) is 0 Å². The lowest BCUT2D eigenvalue weighted by molar-refractivity contribution is -0.138. The summed E-state index contributed by atoms with van der Waals surface area (Å²) in [5, 5.41) is 0. The number of aryl methyl sites for hydroxylation is 2. The van der Waals surface area contributed by atoms with E-state index in [0.717, 1.165) is 45.4 Å². The first-order chi connectivity index (χ1) is 17.0. The Morgan fingerprint density at radius 2 is 1.66 bits per heavy atom. The topological polar surface area (TPSA) is 82.6 Å². The van der Waals surface area contributed by atoms with Gasteiger partial charge in [-0.15, -0.1) is 24.8 Å². The van der Waals surface area contributed by atoms with E-state index >= 15 is 0 Å². The molecule has 0 bridgehead atoms. The van der Waals surface area contributed by atoms with E-state index < -0.39 is 10.0 Å². The molecular formula is C26H46Cl2N4O5S. The van der Waals surface area contributed by atoms with Crippen LogP contribution in [0, 0.1) is 13.8 Å². The molecule has 9 nitrogen and oxygen atoms in total. The fraction of sp³-hybridized carbons (Fsp3) is 0.731. The molecule has 2 atom stereocenters. The maximum absolute atomic E-state index is 13.1. The number of carbonyl (C=O) groups is 1. The third-order valence-corrected chi connectivity index (χ3v) is 9.89. The first-order valence-corrected chi connectivity index (χ1v) is 14.4. The van der Waals surface area contributed by atoms with Crippen molar-refractivity contribution in [2.75, 3.05) is 74.2 Å². The van der Waals surface area contributed by atoms with E-state index in [0.29, 0.717) is 22.9 Å². The Balaban J connectivity index is 0.00000361. The molecule has 1 saturated carbocycles. The Hall–Kier alpha value is -1.14. The highest BCUT2D eigenvalue weighted by Gasteiger charge is 2.32. The van der Waals surface area contributed by atoms with Gasteiger partial charge in [-0.2, -0.15) is 4.31 Å². The van der Waals surface area contributed by atoms with Gasteiger partial charge in [0, 0.05) is 58.9 Å². The third kappa shape index (κ3) is 8.68. The van der Waals surface area contributed by atoms with Crippen molar-refractivity contribution in [1.82, 2.24) is 19.0 Å². The second-order valence-electron chi connectivity index (χ2n) is 10.3. The Morgan fingerprint density at radius 3 is 2.24 bits per heavy atom. The molecule has 1 saturated heterocycles. The van der Waals surface area contributed by atoms with Gasteiger partial charge < -0.3 is 19.3 Å². The number of amides is 1. The van der Waals surface area contributed by atoms with E-state index in [1.165, 1.54) is 17.8 Å². The van der Waals surface area contributed by atoms with Gasteiger partial charge in [0.05, 0.1) is 18.6 Å². The van der Waals surface area contributed by atoms with Crippen molar-refractivity contribution in [2.45, 2.75) is 56.5 Å². The van der Waals surface area contributed by atoms with Crippen LogP contribution in [0.5, 0.6) is 5.75 Å². The van der Waals surface area contributed by atoms with Crippen molar-refractivity contribution < 1.29 is 22.7 Å². The van der Waals surface area contributed by atoms with Gasteiger partial charge in [0.25, 0.3) is 0 Å². The number of ether oxygens (including phenoxy) is 2. The summed E-state index contributed by atoms with van der Waals surface area (Å²) in [7, 11) is 3.45. The fourth-order valence-electron chi connectivity index (χ4n) is 5.38. The van der Waals surface area contributed by atoms with E-state index in [4.69, 9.17) is 9.47 Å². The van der Waals surface area contributed by atoms with Gasteiger partial charge in [0.1, 0.15) is 12.4 Å². The summed E-state index contributed by atoms with van der Waals surface area (Å²) in [4.78, 5) is 19.9. The number of halogens is 2. The smallest absolute Gasteiger partial charge is 0.248 e. The van der Waals surface area contributed by atoms with Crippen LogP contribution >= 0.6 is 24.8 Å². The SMILES string of the molecule is COc1cc(C)c(S(=O)(=O)N(C)CCOCC(=O)N(C)[C@H]2CCC[C@@H](N3CCN(C)CC3)C2)c(C)c1.Cl.Cl. The van der Waals surface area contributed by atoms with Gasteiger partial charge in [-0.05, 0) is 69.8 Å². The van der Waals surface area contributed by atoms with E-state index in [1.54, 1.807) is 33.1 Å². The molecule has 1 amide bonds. The zero-order chi connectivity index (χ0) is 26.5. The van der Waals surface area contributed by atoms with Gasteiger partial charge in [-0.25, -0.2) is 8.42 Å². The van der Waals surface area contributed by atoms with Crippen LogP contribution in [0.25, 0.3) is 0 Å². The summed E-state index contributed by atoms with van der Waals surface area (Å²) >= 11 is 0. The standard InChI is InChI=1S/C26H44N4O5S.2ClH/c1-20-16-24(34-6)17-21(2)26(20)36(32,33)28(4)14-15-35-19-25(31)29(5)22-8-7-9-23(18-22)30-12-10-27(3)11-13-30;;/h16-17,22-23H,7-15,18-19H2,1-6H3;2*1H/t22-,23+;;/m0../s1. The molecule has 2 aliphatic rings. The van der Waals surface area contributed by atoms with Crippen LogP contribution in [0.3, 0.4) is 0 Å². The zero-order valence-electron chi connectivity index (χ0n) is 23.6. The van der Waals surface area contributed by atoms with Crippen molar-refractivity contribution in [1.29, 1.82) is 0 Å². The van der Waals surface area contributed by atoms with Crippen LogP contribution < -0.4 is 4.74 Å². The van der Waals surface area contributed by atoms with E-state index in [-0.39, 0.29) is 61.4 Å². The van der Waals surface area contributed by atoms with Gasteiger partial charge in [-0.1, -0.05) is 0 Å². The summed E-state index contributed by atoms with van der Waals surface area (Å²) in [5.74, 6) is 0.580. The lowest BCUT2D eigenvalue weighted by Crippen LogP contribution is -2.52. The number of likely N-dealkylation sites (N-methyl/N-ethyl adjacent to an activating group) is 3. The second kappa shape index (κ2) is 15.6. The maximum atomic E-state index is 13.1. The van der Waals surface area contributed by atoms with Gasteiger partial charge in [0.2, 0.25) is 15.9 Å². The number of hydrogen-bond donors (Lipinski definition) is 0. The summed E-state index contributed by atoms with van der Waals surface area (Å²) in [6.45, 7) is 8.21. The Morgan fingerprint density at radius 1 is 1.05 bits per heavy atom. The van der Waals surface area contributed by atoms with E-state index in [9.17, 15) is 13.2 Å². The minimum absolute atomic E-state index is 0. The summed E-state index contributed by atoms with van der Waals surface area (Å²) < 4.78 is 38.4. The Labute approximate surface area is 241 Å². The van der Waals surface area contributed by atoms with Crippen molar-refractivity contribution in [3.63, 3.8) is 0 Å². The zero-order valence-corrected chi connectivity index (χ0v) is 26.1. The number of sulfonamides is 1. The molecule has 12 heteroatoms. The van der Waals surface area contributed by atoms with Crippen LogP contribution in [0.15, 0.2) is 17.0 Å². The third-order valence-electron chi connectivity index (χ3n) is 7.73. The molecule has 2 fully saturated rings. The molecule has 1 aromatic rings. The highest BCUT2D eigenvalue weighted by molar-refractivity contribution is 7.89. The highest BCUT2D eigenvalue weighted by atomic mass is 35.5. The lowest BCUT2D eigenvalue weighted by Gasteiger charge is -2.43. The number of rotatable bonds is 10. The van der Waals surface area contributed by atoms with E-state index in [2.05, 4.69) is 16.8 Å². The van der Waals surface area contributed by atoms with Crippen LogP contribution in [-0.2, 0) is 19.6 Å². The lowest BCUT2D eigenvalue weighted by atomic mass is 9.88. The summed E-state index contributed by atoms with van der Waals surface area (Å²) in [6, 6.07) is 4.21. The number of methoxy groups -OCH3 is 1. The molecule has 1 aliphatic heterocycles. The highest BCUT2D eigenvalue weighted by Crippen LogP contribution is 2.28. The normalized spacial score (nSPS) is 20.9. The molecular weight excluding hydrogens is 551 g/mol. The minimum atomic E-state index is -3.69. The number of carbonyl (C=O) groups excluding carboxylic acids is 1. The average Bonchev–Trinajstić information content (AvgIpc) is 2.85. The van der Waals surface area contributed by atoms with Gasteiger partial charge in [-0.3, -0.25) is 9.69 Å². The van der Waals surface area contributed by atoms with Crippen molar-refractivity contribution in [2.24, 2.45) is 0 Å². The van der Waals surface area contributed by atoms with Crippen LogP contribution in [0.1, 0.15) is 36.8 Å². The molecule has 1 heterocycles. The quantitative estimate of drug-likeness (QED) is 0.384. The Kier molecular flexibility index (Phi) is 14.3. The molecule has 0 radical (unpaired) electrons. The maximum Gasteiger partial charge on any atom is 0.248 e. The average molecular weight is 598 g/mol. The number of benzene rings is 1. The largest absolute Gasteiger partial charge is 0.497 e.